The second kappa shape index (κ2) is 12.3. The smallest absolute Gasteiger partial charge is 0.355 e. The van der Waals surface area contributed by atoms with Crippen molar-refractivity contribution in [3.05, 3.63) is 59.3 Å². The van der Waals surface area contributed by atoms with Crippen LogP contribution in [0.1, 0.15) is 34.6 Å². The second-order valence-electron chi connectivity index (χ2n) is 8.00. The normalized spacial score (nSPS) is 12.1. The number of carbonyl (C=O) groups is 1. The molecule has 192 valence electrons. The minimum atomic E-state index is -3.38. The van der Waals surface area contributed by atoms with Gasteiger partial charge in [0.05, 0.1) is 24.5 Å². The number of nitrogens with zero attached hydrogens (tertiary/aromatic N) is 1. The zero-order valence-corrected chi connectivity index (χ0v) is 21.8. The first-order valence-corrected chi connectivity index (χ1v) is 12.9. The van der Waals surface area contributed by atoms with Crippen LogP contribution in [0.4, 0.5) is 5.69 Å². The number of aromatic nitrogens is 1. The average molecular weight is 526 g/mol. The molecule has 0 spiro atoms. The summed E-state index contributed by atoms with van der Waals surface area (Å²) >= 11 is 0. The number of benzene rings is 2. The summed E-state index contributed by atoms with van der Waals surface area (Å²) < 4.78 is 38.0. The van der Waals surface area contributed by atoms with Crippen molar-refractivity contribution < 1.29 is 27.8 Å². The zero-order chi connectivity index (χ0) is 24.9. The van der Waals surface area contributed by atoms with E-state index in [2.05, 4.69) is 10.0 Å². The lowest BCUT2D eigenvalue weighted by Gasteiger charge is -2.14. The number of ether oxygens (including phenoxy) is 2. The van der Waals surface area contributed by atoms with Crippen LogP contribution in [0, 0.1) is 6.92 Å². The van der Waals surface area contributed by atoms with Crippen LogP contribution in [-0.2, 0) is 21.8 Å². The first kappa shape index (κ1) is 28.4. The number of carbonyl (C=O) groups excluding carboxylic acids is 1. The van der Waals surface area contributed by atoms with Gasteiger partial charge in [0.2, 0.25) is 10.0 Å². The molecule has 3 aromatic rings. The molecule has 0 saturated heterocycles. The molecule has 0 bridgehead atoms. The van der Waals surface area contributed by atoms with Crippen LogP contribution < -0.4 is 14.8 Å². The minimum absolute atomic E-state index is 0. The molecule has 3 N–H and O–H groups in total. The summed E-state index contributed by atoms with van der Waals surface area (Å²) in [6, 6.07) is 12.3. The van der Waals surface area contributed by atoms with Crippen LogP contribution in [0.3, 0.4) is 0 Å². The molecule has 1 aromatic heterocycles. The number of rotatable bonds is 11. The summed E-state index contributed by atoms with van der Waals surface area (Å²) in [5.41, 5.74) is 3.28. The Bertz CT molecular complexity index is 1280. The number of nitrogens with one attached hydrogen (secondary N) is 2. The van der Waals surface area contributed by atoms with Gasteiger partial charge in [0.1, 0.15) is 18.1 Å². The van der Waals surface area contributed by atoms with Crippen molar-refractivity contribution in [2.45, 2.75) is 20.0 Å². The predicted molar refractivity (Wildman–Crippen MR) is 139 cm³/mol. The van der Waals surface area contributed by atoms with Gasteiger partial charge in [-0.1, -0.05) is 12.1 Å². The van der Waals surface area contributed by atoms with Crippen LogP contribution >= 0.6 is 12.4 Å². The van der Waals surface area contributed by atoms with E-state index in [-0.39, 0.29) is 24.9 Å². The van der Waals surface area contributed by atoms with E-state index >= 15 is 0 Å². The van der Waals surface area contributed by atoms with E-state index in [1.54, 1.807) is 31.2 Å². The maximum atomic E-state index is 12.3. The summed E-state index contributed by atoms with van der Waals surface area (Å²) in [4.78, 5) is 12.3. The average Bonchev–Trinajstić information content (AvgIpc) is 3.02. The van der Waals surface area contributed by atoms with Crippen LogP contribution in [0.25, 0.3) is 10.9 Å². The highest BCUT2D eigenvalue weighted by Gasteiger charge is 2.19. The molecule has 0 fully saturated rings. The van der Waals surface area contributed by atoms with E-state index in [1.165, 1.54) is 0 Å². The molecule has 11 heteroatoms. The molecule has 0 unspecified atom stereocenters. The fraction of sp³-hybridized carbons (Fsp3) is 0.375. The third-order valence-corrected chi connectivity index (χ3v) is 5.96. The summed E-state index contributed by atoms with van der Waals surface area (Å²) in [6.45, 7) is 5.15. The lowest BCUT2D eigenvalue weighted by molar-refractivity contribution is 0.0515. The van der Waals surface area contributed by atoms with Crippen molar-refractivity contribution in [2.75, 3.05) is 37.3 Å². The molecular formula is C24H32ClN3O6S. The summed E-state index contributed by atoms with van der Waals surface area (Å²) in [5.74, 6) is 0.326. The number of hydrogen-bond donors (Lipinski definition) is 3. The number of anilines is 1. The fourth-order valence-corrected chi connectivity index (χ4v) is 4.36. The molecule has 2 aromatic carbocycles. The molecule has 0 saturated carbocycles. The van der Waals surface area contributed by atoms with E-state index in [4.69, 9.17) is 9.47 Å². The number of fused-ring (bicyclic) bond motifs is 1. The van der Waals surface area contributed by atoms with Crippen LogP contribution in [-0.4, -0.2) is 56.6 Å². The number of hydrogen-bond acceptors (Lipinski definition) is 7. The van der Waals surface area contributed by atoms with Crippen LogP contribution in [0.2, 0.25) is 0 Å². The number of sulfonamides is 1. The topological polar surface area (TPSA) is 119 Å². The number of halogens is 1. The SMILES string of the molecule is CCOC(=O)c1c(C)c2ccc(OCCNC[C@H](O)c3cccc(NS(C)(=O)=O)c3)cc2n1C.Cl. The highest BCUT2D eigenvalue weighted by Crippen LogP contribution is 2.28. The lowest BCUT2D eigenvalue weighted by Crippen LogP contribution is -2.26. The first-order valence-electron chi connectivity index (χ1n) is 11.0. The molecule has 0 radical (unpaired) electrons. The van der Waals surface area contributed by atoms with Crippen molar-refractivity contribution in [1.29, 1.82) is 0 Å². The monoisotopic (exact) mass is 525 g/mol. The minimum Gasteiger partial charge on any atom is -0.492 e. The van der Waals surface area contributed by atoms with Gasteiger partial charge in [-0.05, 0) is 49.2 Å². The summed E-state index contributed by atoms with van der Waals surface area (Å²) in [5, 5.41) is 14.5. The maximum absolute atomic E-state index is 12.3. The molecule has 0 aliphatic carbocycles. The fourth-order valence-electron chi connectivity index (χ4n) is 3.81. The van der Waals surface area contributed by atoms with Crippen LogP contribution in [0.5, 0.6) is 5.75 Å². The summed E-state index contributed by atoms with van der Waals surface area (Å²) in [7, 11) is -1.56. The Morgan fingerprint density at radius 2 is 1.94 bits per heavy atom. The molecule has 1 heterocycles. The Labute approximate surface area is 211 Å². The Kier molecular flexibility index (Phi) is 9.96. The summed E-state index contributed by atoms with van der Waals surface area (Å²) in [6.07, 6.45) is 0.276. The molecule has 0 aliphatic heterocycles. The Hall–Kier alpha value is -2.79. The Balaban J connectivity index is 0.00000432. The van der Waals surface area contributed by atoms with E-state index in [9.17, 15) is 18.3 Å². The van der Waals surface area contributed by atoms with Gasteiger partial charge in [0.15, 0.2) is 0 Å². The van der Waals surface area contributed by atoms with Crippen molar-refractivity contribution in [2.24, 2.45) is 7.05 Å². The quantitative estimate of drug-likeness (QED) is 0.260. The van der Waals surface area contributed by atoms with Gasteiger partial charge < -0.3 is 24.5 Å². The van der Waals surface area contributed by atoms with E-state index in [0.717, 1.165) is 22.7 Å². The number of aliphatic hydroxyl groups excluding tert-OH is 1. The molecule has 35 heavy (non-hydrogen) atoms. The van der Waals surface area contributed by atoms with Gasteiger partial charge in [0, 0.05) is 37.3 Å². The van der Waals surface area contributed by atoms with Gasteiger partial charge >= 0.3 is 5.97 Å². The van der Waals surface area contributed by atoms with Crippen molar-refractivity contribution in [1.82, 2.24) is 9.88 Å². The molecule has 9 nitrogen and oxygen atoms in total. The van der Waals surface area contributed by atoms with Crippen molar-refractivity contribution >= 4 is 45.0 Å². The van der Waals surface area contributed by atoms with Crippen molar-refractivity contribution in [3.8, 4) is 5.75 Å². The number of esters is 1. The highest BCUT2D eigenvalue weighted by molar-refractivity contribution is 7.92. The molecule has 3 rings (SSSR count). The van der Waals surface area contributed by atoms with Gasteiger partial charge in [0.25, 0.3) is 0 Å². The Morgan fingerprint density at radius 3 is 2.63 bits per heavy atom. The maximum Gasteiger partial charge on any atom is 0.355 e. The molecule has 1 atom stereocenters. The van der Waals surface area contributed by atoms with Gasteiger partial charge in [-0.3, -0.25) is 4.72 Å². The van der Waals surface area contributed by atoms with Gasteiger partial charge in [-0.25, -0.2) is 13.2 Å². The highest BCUT2D eigenvalue weighted by atomic mass is 35.5. The Morgan fingerprint density at radius 1 is 1.20 bits per heavy atom. The van der Waals surface area contributed by atoms with Gasteiger partial charge in [-0.2, -0.15) is 0 Å². The van der Waals surface area contributed by atoms with E-state index in [0.29, 0.717) is 42.5 Å². The third-order valence-electron chi connectivity index (χ3n) is 5.35. The van der Waals surface area contributed by atoms with Crippen LogP contribution in [0.15, 0.2) is 42.5 Å². The largest absolute Gasteiger partial charge is 0.492 e. The van der Waals surface area contributed by atoms with Crippen molar-refractivity contribution in [3.63, 3.8) is 0 Å². The number of aryl methyl sites for hydroxylation is 2. The first-order chi connectivity index (χ1) is 16.1. The van der Waals surface area contributed by atoms with Gasteiger partial charge in [-0.15, -0.1) is 12.4 Å². The number of aliphatic hydroxyl groups is 1. The second-order valence-corrected chi connectivity index (χ2v) is 9.75. The predicted octanol–water partition coefficient (Wildman–Crippen LogP) is 3.16. The lowest BCUT2D eigenvalue weighted by atomic mass is 10.1. The van der Waals surface area contributed by atoms with E-state index in [1.807, 2.05) is 36.7 Å². The third kappa shape index (κ3) is 7.35. The van der Waals surface area contributed by atoms with E-state index < -0.39 is 16.1 Å². The molecular weight excluding hydrogens is 494 g/mol. The zero-order valence-electron chi connectivity index (χ0n) is 20.2. The molecule has 0 aliphatic rings. The molecule has 0 amide bonds. The standard InChI is InChI=1S/C24H31N3O6S.ClH/c1-5-32-24(29)23-16(2)20-10-9-19(14-21(20)27(23)3)33-12-11-25-15-22(28)17-7-6-8-18(13-17)26-34(4,30)31;/h6-10,13-14,22,25-26,28H,5,11-12,15H2,1-4H3;1H/t22-;/m0./s1.